The van der Waals surface area contributed by atoms with Gasteiger partial charge in [-0.2, -0.15) is 0 Å². The summed E-state index contributed by atoms with van der Waals surface area (Å²) in [5, 5.41) is 2.90. The van der Waals surface area contributed by atoms with Crippen LogP contribution in [0.15, 0.2) is 27.9 Å². The second-order valence-electron chi connectivity index (χ2n) is 6.98. The van der Waals surface area contributed by atoms with E-state index in [0.29, 0.717) is 22.8 Å². The lowest BCUT2D eigenvalue weighted by molar-refractivity contribution is -0.144. The first-order valence-corrected chi connectivity index (χ1v) is 9.80. The monoisotopic (exact) mass is 436 g/mol. The van der Waals surface area contributed by atoms with Crippen LogP contribution < -0.4 is 14.8 Å². The summed E-state index contributed by atoms with van der Waals surface area (Å²) >= 11 is 3.53. The van der Waals surface area contributed by atoms with Gasteiger partial charge >= 0.3 is 12.0 Å². The number of nitrogens with one attached hydrogen (secondary N) is 1. The number of allylic oxidation sites excluding steroid dienone is 1. The number of fused-ring (bicyclic) bond motifs is 1. The Bertz CT molecular complexity index is 832. The number of esters is 1. The van der Waals surface area contributed by atoms with Gasteiger partial charge in [-0.1, -0.05) is 15.9 Å². The molecule has 1 aromatic carbocycles. The largest absolute Gasteiger partial charge is 0.459 e. The summed E-state index contributed by atoms with van der Waals surface area (Å²) in [5.74, 6) is 0.823. The quantitative estimate of drug-likeness (QED) is 0.731. The average Bonchev–Trinajstić information content (AvgIpc) is 3.29. The van der Waals surface area contributed by atoms with Crippen molar-refractivity contribution < 1.29 is 23.8 Å². The Kier molecular flexibility index (Phi) is 4.75. The number of carbonyl (C=O) groups is 2. The molecule has 3 aliphatic rings. The highest BCUT2D eigenvalue weighted by Crippen LogP contribution is 2.42. The zero-order valence-electron chi connectivity index (χ0n) is 15.2. The fraction of sp³-hybridized carbons (Fsp3) is 0.474. The van der Waals surface area contributed by atoms with E-state index in [-0.39, 0.29) is 24.9 Å². The molecular weight excluding hydrogens is 416 g/mol. The van der Waals surface area contributed by atoms with Gasteiger partial charge in [-0.05, 0) is 50.3 Å². The summed E-state index contributed by atoms with van der Waals surface area (Å²) in [6.45, 7) is 1.91. The third kappa shape index (κ3) is 3.26. The highest BCUT2D eigenvalue weighted by molar-refractivity contribution is 9.10. The van der Waals surface area contributed by atoms with E-state index in [0.717, 1.165) is 35.7 Å². The fourth-order valence-electron chi connectivity index (χ4n) is 3.71. The highest BCUT2D eigenvalue weighted by Gasteiger charge is 2.37. The Morgan fingerprint density at radius 1 is 1.26 bits per heavy atom. The minimum atomic E-state index is -0.633. The van der Waals surface area contributed by atoms with Crippen molar-refractivity contribution in [3.8, 4) is 11.5 Å². The Balaban J connectivity index is 1.73. The van der Waals surface area contributed by atoms with Crippen molar-refractivity contribution in [1.29, 1.82) is 0 Å². The zero-order chi connectivity index (χ0) is 19.1. The number of halogens is 1. The highest BCUT2D eigenvalue weighted by atomic mass is 79.9. The van der Waals surface area contributed by atoms with Crippen LogP contribution in [-0.2, 0) is 9.53 Å². The standard InChI is InChI=1S/C19H21BrN2O5/c1-10-16(18(23)27-11-5-3-4-6-11)17(21-19(24)22(10)2)12-7-14-15(8-13(12)20)26-9-25-14/h7-8,11,17H,3-6,9H2,1-2H3,(H,21,24)/t17-/m0/s1. The summed E-state index contributed by atoms with van der Waals surface area (Å²) in [6, 6.07) is 2.67. The fourth-order valence-corrected chi connectivity index (χ4v) is 4.26. The van der Waals surface area contributed by atoms with E-state index in [1.165, 1.54) is 4.90 Å². The minimum Gasteiger partial charge on any atom is -0.459 e. The summed E-state index contributed by atoms with van der Waals surface area (Å²) in [6.07, 6.45) is 3.87. The van der Waals surface area contributed by atoms with Crippen molar-refractivity contribution in [3.63, 3.8) is 0 Å². The normalized spacial score (nSPS) is 22.3. The molecule has 0 unspecified atom stereocenters. The Morgan fingerprint density at radius 2 is 1.93 bits per heavy atom. The van der Waals surface area contributed by atoms with E-state index in [2.05, 4.69) is 21.2 Å². The van der Waals surface area contributed by atoms with Crippen LogP contribution >= 0.6 is 15.9 Å². The second kappa shape index (κ2) is 7.07. The first kappa shape index (κ1) is 18.2. The molecule has 1 saturated carbocycles. The summed E-state index contributed by atoms with van der Waals surface area (Å²) < 4.78 is 17.3. The molecular formula is C19H21BrN2O5. The molecule has 8 heteroatoms. The van der Waals surface area contributed by atoms with E-state index >= 15 is 0 Å². The van der Waals surface area contributed by atoms with Gasteiger partial charge in [0, 0.05) is 17.2 Å². The number of ether oxygens (including phenoxy) is 3. The molecule has 7 nitrogen and oxygen atoms in total. The van der Waals surface area contributed by atoms with Gasteiger partial charge < -0.3 is 24.4 Å². The first-order chi connectivity index (χ1) is 13.0. The molecule has 0 bridgehead atoms. The van der Waals surface area contributed by atoms with Gasteiger partial charge in [0.25, 0.3) is 0 Å². The number of urea groups is 1. The van der Waals surface area contributed by atoms with Crippen LogP contribution in [0.2, 0.25) is 0 Å². The van der Waals surface area contributed by atoms with Gasteiger partial charge in [0.1, 0.15) is 6.10 Å². The molecule has 0 radical (unpaired) electrons. The Morgan fingerprint density at radius 3 is 2.63 bits per heavy atom. The van der Waals surface area contributed by atoms with Crippen LogP contribution in [0.1, 0.15) is 44.2 Å². The molecule has 0 spiro atoms. The molecule has 1 fully saturated rings. The molecule has 144 valence electrons. The van der Waals surface area contributed by atoms with Crippen molar-refractivity contribution in [2.75, 3.05) is 13.8 Å². The lowest BCUT2D eigenvalue weighted by Gasteiger charge is -2.34. The Hall–Kier alpha value is -2.22. The molecule has 1 N–H and O–H groups in total. The molecule has 0 saturated heterocycles. The third-order valence-corrected chi connectivity index (χ3v) is 6.04. The van der Waals surface area contributed by atoms with E-state index in [4.69, 9.17) is 14.2 Å². The number of benzene rings is 1. The zero-order valence-corrected chi connectivity index (χ0v) is 16.8. The molecule has 1 atom stereocenters. The molecule has 1 aliphatic carbocycles. The van der Waals surface area contributed by atoms with Crippen LogP contribution in [0.25, 0.3) is 0 Å². The maximum Gasteiger partial charge on any atom is 0.338 e. The van der Waals surface area contributed by atoms with Gasteiger partial charge in [0.2, 0.25) is 6.79 Å². The predicted octanol–water partition coefficient (Wildman–Crippen LogP) is 3.63. The van der Waals surface area contributed by atoms with Crippen molar-refractivity contribution in [1.82, 2.24) is 10.2 Å². The van der Waals surface area contributed by atoms with Crippen LogP contribution in [0.3, 0.4) is 0 Å². The van der Waals surface area contributed by atoms with Gasteiger partial charge in [-0.25, -0.2) is 9.59 Å². The minimum absolute atomic E-state index is 0.0541. The number of carbonyl (C=O) groups excluding carboxylic acids is 2. The average molecular weight is 437 g/mol. The molecule has 2 heterocycles. The molecule has 27 heavy (non-hydrogen) atoms. The maximum atomic E-state index is 13.0. The molecule has 2 amide bonds. The van der Waals surface area contributed by atoms with E-state index in [1.807, 2.05) is 0 Å². The number of nitrogens with zero attached hydrogens (tertiary/aromatic N) is 1. The van der Waals surface area contributed by atoms with Crippen molar-refractivity contribution in [3.05, 3.63) is 33.4 Å². The van der Waals surface area contributed by atoms with E-state index in [1.54, 1.807) is 26.1 Å². The topological polar surface area (TPSA) is 77.1 Å². The van der Waals surface area contributed by atoms with Gasteiger partial charge in [0.05, 0.1) is 11.6 Å². The number of rotatable bonds is 3. The number of hydrogen-bond acceptors (Lipinski definition) is 5. The maximum absolute atomic E-state index is 13.0. The van der Waals surface area contributed by atoms with E-state index < -0.39 is 6.04 Å². The predicted molar refractivity (Wildman–Crippen MR) is 100 cm³/mol. The SMILES string of the molecule is CC1=C(C(=O)OC2CCCC2)[C@H](c2cc3c(cc2Br)OCO3)NC(=O)N1C. The molecule has 2 aliphatic heterocycles. The van der Waals surface area contributed by atoms with Crippen molar-refractivity contribution in [2.24, 2.45) is 0 Å². The van der Waals surface area contributed by atoms with Gasteiger partial charge in [-0.3, -0.25) is 0 Å². The smallest absolute Gasteiger partial charge is 0.338 e. The first-order valence-electron chi connectivity index (χ1n) is 9.00. The molecule has 0 aromatic heterocycles. The third-order valence-electron chi connectivity index (χ3n) is 5.35. The van der Waals surface area contributed by atoms with Gasteiger partial charge in [-0.15, -0.1) is 0 Å². The second-order valence-corrected chi connectivity index (χ2v) is 7.83. The van der Waals surface area contributed by atoms with Crippen LogP contribution in [-0.4, -0.2) is 36.8 Å². The van der Waals surface area contributed by atoms with Crippen molar-refractivity contribution in [2.45, 2.75) is 44.8 Å². The molecule has 1 aromatic rings. The summed E-state index contributed by atoms with van der Waals surface area (Å²) in [7, 11) is 1.64. The van der Waals surface area contributed by atoms with E-state index in [9.17, 15) is 9.59 Å². The van der Waals surface area contributed by atoms with Crippen LogP contribution in [0.5, 0.6) is 11.5 Å². The summed E-state index contributed by atoms with van der Waals surface area (Å²) in [4.78, 5) is 26.9. The lowest BCUT2D eigenvalue weighted by atomic mass is 9.94. The van der Waals surface area contributed by atoms with Gasteiger partial charge in [0.15, 0.2) is 11.5 Å². The molecule has 4 rings (SSSR count). The lowest BCUT2D eigenvalue weighted by Crippen LogP contribution is -2.46. The van der Waals surface area contributed by atoms with Crippen LogP contribution in [0.4, 0.5) is 4.79 Å². The van der Waals surface area contributed by atoms with Crippen molar-refractivity contribution >= 4 is 27.9 Å². The number of amides is 2. The number of hydrogen-bond donors (Lipinski definition) is 1. The van der Waals surface area contributed by atoms with Crippen LogP contribution in [0, 0.1) is 0 Å². The Labute approximate surface area is 165 Å². The summed E-state index contributed by atoms with van der Waals surface area (Å²) in [5.41, 5.74) is 1.73.